The topological polar surface area (TPSA) is 61.8 Å². The summed E-state index contributed by atoms with van der Waals surface area (Å²) in [6, 6.07) is 0. The molecular weight excluding hydrogens is 693 g/mol. The van der Waals surface area contributed by atoms with Crippen molar-refractivity contribution in [1.82, 2.24) is 0 Å². The second-order valence-electron chi connectivity index (χ2n) is 15.6. The van der Waals surface area contributed by atoms with Crippen LogP contribution in [0, 0.1) is 0 Å². The molecule has 0 aliphatic carbocycles. The molecular formula is C51H90O5. The summed E-state index contributed by atoms with van der Waals surface area (Å²) in [4.78, 5) is 25.3. The number of allylic oxidation sites excluding steroid dienone is 10. The number of rotatable bonds is 43. The summed E-state index contributed by atoms with van der Waals surface area (Å²) >= 11 is 0. The van der Waals surface area contributed by atoms with E-state index in [4.69, 9.17) is 14.2 Å². The lowest BCUT2D eigenvalue weighted by atomic mass is 10.1. The maximum atomic E-state index is 12.7. The van der Waals surface area contributed by atoms with Crippen molar-refractivity contribution in [3.05, 3.63) is 60.8 Å². The minimum Gasteiger partial charge on any atom is -0.462 e. The van der Waals surface area contributed by atoms with Crippen LogP contribution >= 0.6 is 0 Å². The van der Waals surface area contributed by atoms with Crippen LogP contribution in [0.3, 0.4) is 0 Å². The van der Waals surface area contributed by atoms with Crippen LogP contribution in [0.25, 0.3) is 0 Å². The summed E-state index contributed by atoms with van der Waals surface area (Å²) in [7, 11) is 0. The van der Waals surface area contributed by atoms with Crippen LogP contribution in [-0.2, 0) is 23.8 Å². The molecule has 0 N–H and O–H groups in total. The van der Waals surface area contributed by atoms with Crippen LogP contribution < -0.4 is 0 Å². The van der Waals surface area contributed by atoms with Crippen molar-refractivity contribution in [3.8, 4) is 0 Å². The standard InChI is InChI=1S/C51H90O5/c1-4-7-10-13-16-19-22-24-26-27-30-32-35-38-41-44-50(52)55-48-49(56-51(53)45-42-39-36-33-29-21-18-15-12-9-6-3)47-54-46-43-40-37-34-31-28-25-23-20-17-14-11-8-5-2/h8,11,15,17-18,20,24-26,28,49H,4-7,9-10,12-14,16,19,21-23,27,29-48H2,1-3H3/b11-8-,18-15-,20-17-,26-24-,28-25-. The van der Waals surface area contributed by atoms with Crippen LogP contribution in [0.4, 0.5) is 0 Å². The highest BCUT2D eigenvalue weighted by Gasteiger charge is 2.17. The Hall–Kier alpha value is -2.40. The average molecular weight is 783 g/mol. The van der Waals surface area contributed by atoms with Crippen LogP contribution in [0.5, 0.6) is 0 Å². The number of hydrogen-bond donors (Lipinski definition) is 0. The first-order valence-corrected chi connectivity index (χ1v) is 23.8. The van der Waals surface area contributed by atoms with Gasteiger partial charge in [0.25, 0.3) is 0 Å². The van der Waals surface area contributed by atoms with Gasteiger partial charge in [-0.15, -0.1) is 0 Å². The number of unbranched alkanes of at least 4 members (excludes halogenated alkanes) is 22. The lowest BCUT2D eigenvalue weighted by Crippen LogP contribution is -2.30. The van der Waals surface area contributed by atoms with Crippen LogP contribution in [0.2, 0.25) is 0 Å². The van der Waals surface area contributed by atoms with Gasteiger partial charge in [-0.05, 0) is 96.3 Å². The first-order chi connectivity index (χ1) is 27.6. The minimum absolute atomic E-state index is 0.0678. The molecule has 56 heavy (non-hydrogen) atoms. The van der Waals surface area contributed by atoms with Crippen LogP contribution in [0.15, 0.2) is 60.8 Å². The molecule has 0 aliphatic rings. The Kier molecular flexibility index (Phi) is 45.0. The third-order valence-electron chi connectivity index (χ3n) is 10.0. The molecule has 5 nitrogen and oxygen atoms in total. The summed E-state index contributed by atoms with van der Waals surface area (Å²) in [5, 5.41) is 0. The molecule has 0 aromatic carbocycles. The van der Waals surface area contributed by atoms with Gasteiger partial charge in [0.1, 0.15) is 6.61 Å². The molecule has 0 bridgehead atoms. The molecule has 0 aromatic rings. The van der Waals surface area contributed by atoms with E-state index in [0.29, 0.717) is 19.4 Å². The number of carbonyl (C=O) groups excluding carboxylic acids is 2. The zero-order valence-electron chi connectivity index (χ0n) is 37.1. The molecule has 0 rings (SSSR count). The Bertz CT molecular complexity index is 977. The van der Waals surface area contributed by atoms with Gasteiger partial charge in [-0.2, -0.15) is 0 Å². The summed E-state index contributed by atoms with van der Waals surface area (Å²) < 4.78 is 17.3. The summed E-state index contributed by atoms with van der Waals surface area (Å²) in [5.41, 5.74) is 0. The van der Waals surface area contributed by atoms with Gasteiger partial charge in [-0.1, -0.05) is 178 Å². The normalized spacial score (nSPS) is 12.7. The van der Waals surface area contributed by atoms with E-state index in [-0.39, 0.29) is 25.2 Å². The highest BCUT2D eigenvalue weighted by molar-refractivity contribution is 5.70. The van der Waals surface area contributed by atoms with Gasteiger partial charge in [-0.25, -0.2) is 0 Å². The van der Waals surface area contributed by atoms with E-state index in [1.807, 2.05) is 0 Å². The van der Waals surface area contributed by atoms with Crippen molar-refractivity contribution in [2.45, 2.75) is 232 Å². The largest absolute Gasteiger partial charge is 0.462 e. The predicted octanol–water partition coefficient (Wildman–Crippen LogP) is 15.8. The van der Waals surface area contributed by atoms with Crippen LogP contribution in [-0.4, -0.2) is 37.9 Å². The van der Waals surface area contributed by atoms with E-state index in [0.717, 1.165) is 89.9 Å². The lowest BCUT2D eigenvalue weighted by molar-refractivity contribution is -0.163. The Morgan fingerprint density at radius 2 is 0.821 bits per heavy atom. The highest BCUT2D eigenvalue weighted by atomic mass is 16.6. The molecule has 0 saturated heterocycles. The quantitative estimate of drug-likeness (QED) is 0.0350. The second-order valence-corrected chi connectivity index (χ2v) is 15.6. The fraction of sp³-hybridized carbons (Fsp3) is 0.765. The summed E-state index contributed by atoms with van der Waals surface area (Å²) in [5.74, 6) is -0.430. The molecule has 5 heteroatoms. The Labute approximate surface area is 347 Å². The van der Waals surface area contributed by atoms with Gasteiger partial charge in [0.15, 0.2) is 6.10 Å². The average Bonchev–Trinajstić information content (AvgIpc) is 3.20. The van der Waals surface area contributed by atoms with Gasteiger partial charge in [0.05, 0.1) is 6.61 Å². The van der Waals surface area contributed by atoms with Gasteiger partial charge >= 0.3 is 11.9 Å². The number of esters is 2. The maximum Gasteiger partial charge on any atom is 0.306 e. The fourth-order valence-corrected chi connectivity index (χ4v) is 6.44. The van der Waals surface area contributed by atoms with E-state index in [1.54, 1.807) is 0 Å². The van der Waals surface area contributed by atoms with Crippen molar-refractivity contribution in [3.63, 3.8) is 0 Å². The fourth-order valence-electron chi connectivity index (χ4n) is 6.44. The third-order valence-corrected chi connectivity index (χ3v) is 10.0. The first-order valence-electron chi connectivity index (χ1n) is 23.8. The van der Waals surface area contributed by atoms with E-state index >= 15 is 0 Å². The zero-order valence-corrected chi connectivity index (χ0v) is 37.1. The molecule has 0 aliphatic heterocycles. The van der Waals surface area contributed by atoms with Gasteiger partial charge in [-0.3, -0.25) is 9.59 Å². The van der Waals surface area contributed by atoms with Crippen LogP contribution in [0.1, 0.15) is 226 Å². The maximum absolute atomic E-state index is 12.7. The zero-order chi connectivity index (χ0) is 40.7. The first kappa shape index (κ1) is 53.6. The molecule has 0 saturated carbocycles. The number of ether oxygens (including phenoxy) is 3. The molecule has 0 aromatic heterocycles. The van der Waals surface area contributed by atoms with Crippen molar-refractivity contribution >= 4 is 11.9 Å². The number of carbonyl (C=O) groups is 2. The van der Waals surface area contributed by atoms with Gasteiger partial charge in [0, 0.05) is 19.4 Å². The second kappa shape index (κ2) is 47.0. The molecule has 1 unspecified atom stereocenters. The lowest BCUT2D eigenvalue weighted by Gasteiger charge is -2.18. The molecule has 0 fully saturated rings. The summed E-state index contributed by atoms with van der Waals surface area (Å²) in [6.07, 6.45) is 57.9. The summed E-state index contributed by atoms with van der Waals surface area (Å²) in [6.45, 7) is 7.61. The van der Waals surface area contributed by atoms with Crippen molar-refractivity contribution in [2.75, 3.05) is 19.8 Å². The van der Waals surface area contributed by atoms with E-state index in [2.05, 4.69) is 81.5 Å². The highest BCUT2D eigenvalue weighted by Crippen LogP contribution is 2.13. The smallest absolute Gasteiger partial charge is 0.306 e. The molecule has 0 heterocycles. The molecule has 324 valence electrons. The van der Waals surface area contributed by atoms with Crippen molar-refractivity contribution in [2.24, 2.45) is 0 Å². The third kappa shape index (κ3) is 44.3. The minimum atomic E-state index is -0.554. The predicted molar refractivity (Wildman–Crippen MR) is 242 cm³/mol. The molecule has 0 radical (unpaired) electrons. The van der Waals surface area contributed by atoms with E-state index < -0.39 is 6.10 Å². The SMILES string of the molecule is CC/C=C\C/C=C\C/C=C\CCCCCCOCC(COC(=O)CCCCCCC/C=C\CCCCCCCC)OC(=O)CCCCCCC/C=C\CCCC. The van der Waals surface area contributed by atoms with Gasteiger partial charge < -0.3 is 14.2 Å². The monoisotopic (exact) mass is 783 g/mol. The molecule has 0 spiro atoms. The van der Waals surface area contributed by atoms with E-state index in [1.165, 1.54) is 103 Å². The molecule has 1 atom stereocenters. The molecule has 0 amide bonds. The Balaban J connectivity index is 4.30. The Morgan fingerprint density at radius 3 is 1.36 bits per heavy atom. The van der Waals surface area contributed by atoms with Crippen molar-refractivity contribution in [1.29, 1.82) is 0 Å². The Morgan fingerprint density at radius 1 is 0.411 bits per heavy atom. The van der Waals surface area contributed by atoms with E-state index in [9.17, 15) is 9.59 Å². The van der Waals surface area contributed by atoms with Crippen molar-refractivity contribution < 1.29 is 23.8 Å². The number of hydrogen-bond acceptors (Lipinski definition) is 5. The van der Waals surface area contributed by atoms with Gasteiger partial charge in [0.2, 0.25) is 0 Å².